The number of aryl methyl sites for hydroxylation is 1. The molecule has 1 amide bonds. The number of amides is 1. The number of fused-ring (bicyclic) bond motifs is 2. The molecule has 1 fully saturated rings. The van der Waals surface area contributed by atoms with E-state index in [2.05, 4.69) is 4.98 Å². The normalized spacial score (nSPS) is 17.0. The topological polar surface area (TPSA) is 73.3 Å². The second kappa shape index (κ2) is 7.89. The van der Waals surface area contributed by atoms with E-state index >= 15 is 0 Å². The molecule has 2 aromatic heterocycles. The monoisotopic (exact) mass is 438 g/mol. The van der Waals surface area contributed by atoms with Crippen LogP contribution in [0.1, 0.15) is 31.6 Å². The van der Waals surface area contributed by atoms with Gasteiger partial charge in [-0.1, -0.05) is 30.7 Å². The van der Waals surface area contributed by atoms with Crippen molar-refractivity contribution in [2.75, 3.05) is 13.1 Å². The Morgan fingerprint density at radius 3 is 2.90 bits per heavy atom. The van der Waals surface area contributed by atoms with Gasteiger partial charge in [0.1, 0.15) is 12.4 Å². The van der Waals surface area contributed by atoms with Crippen molar-refractivity contribution in [2.45, 2.75) is 38.8 Å². The number of para-hydroxylation sites is 2. The molecular weight excluding hydrogens is 416 g/mol. The van der Waals surface area contributed by atoms with E-state index in [1.54, 1.807) is 22.8 Å². The van der Waals surface area contributed by atoms with Gasteiger partial charge in [-0.05, 0) is 43.2 Å². The molecule has 2 aromatic carbocycles. The Balaban J connectivity index is 1.42. The molecule has 1 unspecified atom stereocenters. The van der Waals surface area contributed by atoms with Gasteiger partial charge in [-0.3, -0.25) is 9.36 Å². The van der Waals surface area contributed by atoms with Crippen LogP contribution < -0.4 is 5.76 Å². The van der Waals surface area contributed by atoms with Gasteiger partial charge in [0, 0.05) is 24.5 Å². The lowest BCUT2D eigenvalue weighted by molar-refractivity contribution is -0.133. The van der Waals surface area contributed by atoms with Crippen molar-refractivity contribution in [3.63, 3.8) is 0 Å². The largest absolute Gasteiger partial charge is 0.420 e. The molecule has 1 aliphatic rings. The summed E-state index contributed by atoms with van der Waals surface area (Å²) in [5.41, 5.74) is 3.05. The molecule has 1 aliphatic heterocycles. The zero-order valence-electron chi connectivity index (χ0n) is 17.3. The fourth-order valence-corrected chi connectivity index (χ4v) is 4.72. The zero-order chi connectivity index (χ0) is 21.5. The van der Waals surface area contributed by atoms with Crippen LogP contribution in [0.2, 0.25) is 5.02 Å². The second-order valence-electron chi connectivity index (χ2n) is 7.94. The Bertz CT molecular complexity index is 1340. The van der Waals surface area contributed by atoms with Gasteiger partial charge in [0.2, 0.25) is 5.91 Å². The van der Waals surface area contributed by atoms with Crippen molar-refractivity contribution in [3.05, 3.63) is 63.9 Å². The van der Waals surface area contributed by atoms with E-state index in [4.69, 9.17) is 16.0 Å². The number of halogens is 1. The quantitative estimate of drug-likeness (QED) is 0.482. The molecule has 0 aliphatic carbocycles. The van der Waals surface area contributed by atoms with Gasteiger partial charge in [-0.2, -0.15) is 0 Å². The molecule has 5 rings (SSSR count). The minimum Gasteiger partial charge on any atom is -0.408 e. The molecule has 0 bridgehead atoms. The molecule has 3 heterocycles. The maximum absolute atomic E-state index is 13.2. The van der Waals surface area contributed by atoms with Gasteiger partial charge in [0.05, 0.1) is 22.6 Å². The molecular formula is C23H23ClN4O3. The Kier molecular flexibility index (Phi) is 5.06. The summed E-state index contributed by atoms with van der Waals surface area (Å²) in [7, 11) is 0. The van der Waals surface area contributed by atoms with E-state index in [0.29, 0.717) is 29.2 Å². The highest BCUT2D eigenvalue weighted by molar-refractivity contribution is 6.31. The SMILES string of the molecule is CCc1nc2ccccc2n1CC(=O)N1CCCC(n2c(=O)oc3ccc(Cl)cc32)C1. The van der Waals surface area contributed by atoms with Crippen molar-refractivity contribution in [2.24, 2.45) is 0 Å². The van der Waals surface area contributed by atoms with E-state index in [1.807, 2.05) is 40.7 Å². The van der Waals surface area contributed by atoms with Crippen LogP contribution in [0.25, 0.3) is 22.1 Å². The van der Waals surface area contributed by atoms with Crippen LogP contribution in [0, 0.1) is 0 Å². The Hall–Kier alpha value is -3.06. The highest BCUT2D eigenvalue weighted by Crippen LogP contribution is 2.27. The van der Waals surface area contributed by atoms with Gasteiger partial charge >= 0.3 is 5.76 Å². The van der Waals surface area contributed by atoms with Gasteiger partial charge in [-0.15, -0.1) is 0 Å². The average Bonchev–Trinajstić information content (AvgIpc) is 3.30. The molecule has 31 heavy (non-hydrogen) atoms. The number of carbonyl (C=O) groups excluding carboxylic acids is 1. The number of carbonyl (C=O) groups is 1. The molecule has 7 nitrogen and oxygen atoms in total. The minimum absolute atomic E-state index is 0.0291. The summed E-state index contributed by atoms with van der Waals surface area (Å²) in [5, 5.41) is 0.546. The van der Waals surface area contributed by atoms with Crippen molar-refractivity contribution in [3.8, 4) is 0 Å². The fourth-order valence-electron chi connectivity index (χ4n) is 4.55. The first-order valence-electron chi connectivity index (χ1n) is 10.6. The highest BCUT2D eigenvalue weighted by Gasteiger charge is 2.28. The minimum atomic E-state index is -0.412. The van der Waals surface area contributed by atoms with Gasteiger partial charge in [0.15, 0.2) is 5.58 Å². The van der Waals surface area contributed by atoms with Crippen molar-refractivity contribution >= 4 is 39.6 Å². The third-order valence-electron chi connectivity index (χ3n) is 6.03. The predicted molar refractivity (Wildman–Crippen MR) is 119 cm³/mol. The fraction of sp³-hybridized carbons (Fsp3) is 0.348. The molecule has 1 saturated heterocycles. The number of benzene rings is 2. The predicted octanol–water partition coefficient (Wildman–Crippen LogP) is 4.02. The Morgan fingerprint density at radius 1 is 1.23 bits per heavy atom. The van der Waals surface area contributed by atoms with Crippen LogP contribution in [-0.4, -0.2) is 38.0 Å². The number of hydrogen-bond donors (Lipinski definition) is 0. The van der Waals surface area contributed by atoms with Gasteiger partial charge < -0.3 is 13.9 Å². The van der Waals surface area contributed by atoms with Crippen LogP contribution in [0.4, 0.5) is 0 Å². The number of piperidine rings is 1. The Labute approximate surface area is 183 Å². The van der Waals surface area contributed by atoms with Crippen LogP contribution in [0.3, 0.4) is 0 Å². The lowest BCUT2D eigenvalue weighted by Crippen LogP contribution is -2.43. The number of likely N-dealkylation sites (tertiary alicyclic amines) is 1. The van der Waals surface area contributed by atoms with E-state index in [-0.39, 0.29) is 18.5 Å². The van der Waals surface area contributed by atoms with Gasteiger partial charge in [0.25, 0.3) is 0 Å². The lowest BCUT2D eigenvalue weighted by Gasteiger charge is -2.33. The summed E-state index contributed by atoms with van der Waals surface area (Å²) < 4.78 is 9.04. The van der Waals surface area contributed by atoms with E-state index in [9.17, 15) is 9.59 Å². The first kappa shape index (κ1) is 19.9. The molecule has 0 N–H and O–H groups in total. The third-order valence-corrected chi connectivity index (χ3v) is 6.27. The van der Waals surface area contributed by atoms with Crippen molar-refractivity contribution in [1.29, 1.82) is 0 Å². The van der Waals surface area contributed by atoms with E-state index in [1.165, 1.54) is 0 Å². The number of oxazole rings is 1. The lowest BCUT2D eigenvalue weighted by atomic mass is 10.0. The number of rotatable bonds is 4. The molecule has 0 saturated carbocycles. The highest BCUT2D eigenvalue weighted by atomic mass is 35.5. The number of nitrogens with zero attached hydrogens (tertiary/aromatic N) is 4. The van der Waals surface area contributed by atoms with Crippen LogP contribution in [0.15, 0.2) is 51.7 Å². The smallest absolute Gasteiger partial charge is 0.408 e. The molecule has 4 aromatic rings. The number of aromatic nitrogens is 3. The average molecular weight is 439 g/mol. The maximum Gasteiger partial charge on any atom is 0.420 e. The van der Waals surface area contributed by atoms with Gasteiger partial charge in [-0.25, -0.2) is 9.78 Å². The molecule has 0 radical (unpaired) electrons. The summed E-state index contributed by atoms with van der Waals surface area (Å²) in [4.78, 5) is 32.3. The second-order valence-corrected chi connectivity index (χ2v) is 8.38. The van der Waals surface area contributed by atoms with Crippen molar-refractivity contribution in [1.82, 2.24) is 19.0 Å². The first-order valence-corrected chi connectivity index (χ1v) is 11.0. The zero-order valence-corrected chi connectivity index (χ0v) is 18.0. The van der Waals surface area contributed by atoms with Crippen LogP contribution in [-0.2, 0) is 17.8 Å². The molecule has 0 spiro atoms. The summed E-state index contributed by atoms with van der Waals surface area (Å²) >= 11 is 6.14. The maximum atomic E-state index is 13.2. The summed E-state index contributed by atoms with van der Waals surface area (Å²) in [6.07, 6.45) is 2.38. The third kappa shape index (κ3) is 3.53. The first-order chi connectivity index (χ1) is 15.0. The Morgan fingerprint density at radius 2 is 2.06 bits per heavy atom. The van der Waals surface area contributed by atoms with Crippen LogP contribution >= 0.6 is 11.6 Å². The standard InChI is InChI=1S/C23H23ClN4O3/c1-2-21-25-17-7-3-4-8-18(17)27(21)14-22(29)26-11-5-6-16(13-26)28-19-12-15(24)9-10-20(19)31-23(28)30/h3-4,7-10,12,16H,2,5-6,11,13-14H2,1H3. The van der Waals surface area contributed by atoms with E-state index < -0.39 is 5.76 Å². The van der Waals surface area contributed by atoms with Crippen LogP contribution in [0.5, 0.6) is 0 Å². The summed E-state index contributed by atoms with van der Waals surface area (Å²) in [6, 6.07) is 12.9. The number of imidazole rings is 1. The summed E-state index contributed by atoms with van der Waals surface area (Å²) in [6.45, 7) is 3.42. The molecule has 8 heteroatoms. The number of hydrogen-bond acceptors (Lipinski definition) is 4. The summed E-state index contributed by atoms with van der Waals surface area (Å²) in [5.74, 6) is 0.515. The molecule has 160 valence electrons. The van der Waals surface area contributed by atoms with Crippen molar-refractivity contribution < 1.29 is 9.21 Å². The van der Waals surface area contributed by atoms with E-state index in [0.717, 1.165) is 36.1 Å². The molecule has 1 atom stereocenters.